The minimum atomic E-state index is -4.22. The minimum absolute atomic E-state index is 0.00327. The van der Waals surface area contributed by atoms with Gasteiger partial charge in [-0.2, -0.15) is 4.98 Å². The number of aromatic nitrogens is 4. The second-order valence-corrected chi connectivity index (χ2v) is 14.0. The molecule has 1 aliphatic heterocycles. The highest BCUT2D eigenvalue weighted by atomic mass is 32.2. The molecule has 3 aromatic carbocycles. The number of para-hydroxylation sites is 2. The van der Waals surface area contributed by atoms with Crippen LogP contribution in [0.5, 0.6) is 34.6 Å². The third-order valence-corrected chi connectivity index (χ3v) is 8.99. The zero-order chi connectivity index (χ0) is 36.0. The van der Waals surface area contributed by atoms with E-state index in [0.717, 1.165) is 11.1 Å². The fourth-order valence-corrected chi connectivity index (χ4v) is 5.92. The Morgan fingerprint density at radius 2 is 1.61 bits per heavy atom. The standard InChI is InChI=1S/C36H36N6O8S/c1-36(2,3)24-11-13-25(14-12-24)51(44,45)42-32-31(50-28-9-6-5-8-26(28)46-4)35(41-34(40-32)33-37-17-7-18-38-33)47-19-16-30(43)39-21-23-10-15-27-29(20-23)49-22-48-27/h5-15,17-18,20H,16,19,21-22H2,1-4H3,(H,39,43)(H,40,41,42). The Kier molecular flexibility index (Phi) is 10.2. The monoisotopic (exact) mass is 712 g/mol. The lowest BCUT2D eigenvalue weighted by molar-refractivity contribution is -0.121. The van der Waals surface area contributed by atoms with E-state index in [4.69, 9.17) is 23.7 Å². The largest absolute Gasteiger partial charge is 0.493 e. The van der Waals surface area contributed by atoms with Crippen LogP contribution in [0.3, 0.4) is 0 Å². The Morgan fingerprint density at radius 1 is 0.882 bits per heavy atom. The highest BCUT2D eigenvalue weighted by molar-refractivity contribution is 7.92. The van der Waals surface area contributed by atoms with Gasteiger partial charge in [-0.05, 0) is 59.0 Å². The number of hydrogen-bond donors (Lipinski definition) is 2. The molecule has 0 atom stereocenters. The maximum Gasteiger partial charge on any atom is 0.263 e. The van der Waals surface area contributed by atoms with E-state index < -0.39 is 10.0 Å². The van der Waals surface area contributed by atoms with E-state index in [1.54, 1.807) is 54.6 Å². The van der Waals surface area contributed by atoms with Crippen molar-refractivity contribution in [1.29, 1.82) is 0 Å². The molecule has 5 aromatic rings. The van der Waals surface area contributed by atoms with Crippen LogP contribution in [0.4, 0.5) is 5.82 Å². The summed E-state index contributed by atoms with van der Waals surface area (Å²) in [5.74, 6) is 1.01. The molecule has 15 heteroatoms. The summed E-state index contributed by atoms with van der Waals surface area (Å²) >= 11 is 0. The Bertz CT molecular complexity index is 2120. The fraction of sp³-hybridized carbons (Fsp3) is 0.250. The van der Waals surface area contributed by atoms with Crippen LogP contribution in [0.15, 0.2) is 90.1 Å². The van der Waals surface area contributed by atoms with Gasteiger partial charge < -0.3 is 29.0 Å². The van der Waals surface area contributed by atoms with E-state index in [-0.39, 0.29) is 77.4 Å². The number of benzene rings is 3. The van der Waals surface area contributed by atoms with Crippen LogP contribution in [-0.2, 0) is 26.8 Å². The molecule has 2 N–H and O–H groups in total. The normalized spacial score (nSPS) is 12.2. The molecule has 2 aromatic heterocycles. The first-order valence-electron chi connectivity index (χ1n) is 15.9. The van der Waals surface area contributed by atoms with Crippen molar-refractivity contribution in [1.82, 2.24) is 25.3 Å². The van der Waals surface area contributed by atoms with Crippen LogP contribution in [-0.4, -0.2) is 54.8 Å². The van der Waals surface area contributed by atoms with Crippen molar-refractivity contribution in [3.05, 3.63) is 96.3 Å². The molecule has 3 heterocycles. The molecule has 1 aliphatic rings. The summed E-state index contributed by atoms with van der Waals surface area (Å²) in [7, 11) is -2.75. The van der Waals surface area contributed by atoms with Crippen LogP contribution in [0, 0.1) is 0 Å². The lowest BCUT2D eigenvalue weighted by Crippen LogP contribution is -2.24. The van der Waals surface area contributed by atoms with Gasteiger partial charge in [-0.15, -0.1) is 0 Å². The molecule has 14 nitrogen and oxygen atoms in total. The second-order valence-electron chi connectivity index (χ2n) is 12.3. The Balaban J connectivity index is 1.31. The van der Waals surface area contributed by atoms with E-state index in [0.29, 0.717) is 17.2 Å². The first-order chi connectivity index (χ1) is 24.5. The van der Waals surface area contributed by atoms with E-state index in [1.165, 1.54) is 31.6 Å². The number of hydrogen-bond acceptors (Lipinski definition) is 12. The maximum atomic E-state index is 13.8. The van der Waals surface area contributed by atoms with Crippen molar-refractivity contribution in [2.24, 2.45) is 0 Å². The summed E-state index contributed by atoms with van der Waals surface area (Å²) in [5.41, 5.74) is 1.61. The predicted octanol–water partition coefficient (Wildman–Crippen LogP) is 5.65. The fourth-order valence-electron chi connectivity index (χ4n) is 4.92. The van der Waals surface area contributed by atoms with Crippen molar-refractivity contribution < 1.29 is 36.9 Å². The molecule has 0 saturated carbocycles. The molecule has 6 rings (SSSR count). The van der Waals surface area contributed by atoms with Gasteiger partial charge in [0, 0.05) is 18.9 Å². The quantitative estimate of drug-likeness (QED) is 0.154. The summed E-state index contributed by atoms with van der Waals surface area (Å²) in [6.45, 7) is 6.36. The molecular formula is C36H36N6O8S. The number of amides is 1. The van der Waals surface area contributed by atoms with Crippen molar-refractivity contribution in [3.63, 3.8) is 0 Å². The average Bonchev–Trinajstić information content (AvgIpc) is 3.60. The Labute approximate surface area is 295 Å². The summed E-state index contributed by atoms with van der Waals surface area (Å²) in [5, 5.41) is 2.85. The molecule has 0 aliphatic carbocycles. The van der Waals surface area contributed by atoms with E-state index in [1.807, 2.05) is 26.8 Å². The third kappa shape index (κ3) is 8.44. The van der Waals surface area contributed by atoms with Crippen LogP contribution in [0.25, 0.3) is 11.6 Å². The number of methoxy groups -OCH3 is 1. The van der Waals surface area contributed by atoms with Gasteiger partial charge >= 0.3 is 0 Å². The number of carbonyl (C=O) groups excluding carboxylic acids is 1. The van der Waals surface area contributed by atoms with Gasteiger partial charge in [-0.3, -0.25) is 9.52 Å². The number of rotatable bonds is 13. The van der Waals surface area contributed by atoms with Crippen molar-refractivity contribution in [3.8, 4) is 46.3 Å². The van der Waals surface area contributed by atoms with E-state index >= 15 is 0 Å². The smallest absolute Gasteiger partial charge is 0.263 e. The van der Waals surface area contributed by atoms with Gasteiger partial charge in [0.1, 0.15) is 0 Å². The number of sulfonamides is 1. The number of ether oxygens (including phenoxy) is 5. The van der Waals surface area contributed by atoms with E-state index in [9.17, 15) is 13.2 Å². The Morgan fingerprint density at radius 3 is 2.33 bits per heavy atom. The zero-order valence-corrected chi connectivity index (χ0v) is 29.2. The summed E-state index contributed by atoms with van der Waals surface area (Å²) in [4.78, 5) is 30.3. The summed E-state index contributed by atoms with van der Waals surface area (Å²) in [6.07, 6.45) is 2.92. The molecule has 0 saturated heterocycles. The second kappa shape index (κ2) is 14.9. The van der Waals surface area contributed by atoms with E-state index in [2.05, 4.69) is 30.0 Å². The molecule has 0 unspecified atom stereocenters. The van der Waals surface area contributed by atoms with Crippen LogP contribution in [0.2, 0.25) is 0 Å². The SMILES string of the molecule is COc1ccccc1Oc1c(NS(=O)(=O)c2ccc(C(C)(C)C)cc2)nc(-c2ncccn2)nc1OCCC(=O)NCc1ccc2c(c1)OCO2. The van der Waals surface area contributed by atoms with Crippen LogP contribution < -0.4 is 33.7 Å². The highest BCUT2D eigenvalue weighted by Crippen LogP contribution is 2.41. The van der Waals surface area contributed by atoms with Gasteiger partial charge in [-0.1, -0.05) is 51.1 Å². The molecule has 1 amide bonds. The maximum absolute atomic E-state index is 13.8. The Hall–Kier alpha value is -5.96. The summed E-state index contributed by atoms with van der Waals surface area (Å²) < 4.78 is 58.7. The molecule has 0 radical (unpaired) electrons. The zero-order valence-electron chi connectivity index (χ0n) is 28.4. The van der Waals surface area contributed by atoms with Gasteiger partial charge in [0.15, 0.2) is 34.6 Å². The van der Waals surface area contributed by atoms with Gasteiger partial charge in [-0.25, -0.2) is 23.4 Å². The van der Waals surface area contributed by atoms with Gasteiger partial charge in [0.2, 0.25) is 24.3 Å². The van der Waals surface area contributed by atoms with Crippen LogP contribution in [0.1, 0.15) is 38.3 Å². The topological polar surface area (TPSA) is 173 Å². The number of carbonyl (C=O) groups is 1. The number of nitrogens with zero attached hydrogens (tertiary/aromatic N) is 4. The third-order valence-electron chi connectivity index (χ3n) is 7.64. The number of anilines is 1. The lowest BCUT2D eigenvalue weighted by Gasteiger charge is -2.20. The number of fused-ring (bicyclic) bond motifs is 1. The summed E-state index contributed by atoms with van der Waals surface area (Å²) in [6, 6.07) is 20.4. The molecule has 264 valence electrons. The number of nitrogens with one attached hydrogen (secondary N) is 2. The molecule has 0 spiro atoms. The first kappa shape index (κ1) is 34.9. The first-order valence-corrected chi connectivity index (χ1v) is 17.4. The highest BCUT2D eigenvalue weighted by Gasteiger charge is 2.27. The molecule has 0 bridgehead atoms. The minimum Gasteiger partial charge on any atom is -0.493 e. The predicted molar refractivity (Wildman–Crippen MR) is 187 cm³/mol. The van der Waals surface area contributed by atoms with Gasteiger partial charge in [0.25, 0.3) is 15.9 Å². The van der Waals surface area contributed by atoms with Crippen LogP contribution >= 0.6 is 0 Å². The van der Waals surface area contributed by atoms with Crippen molar-refractivity contribution in [2.75, 3.05) is 25.2 Å². The molecular weight excluding hydrogens is 676 g/mol. The average molecular weight is 713 g/mol. The lowest BCUT2D eigenvalue weighted by atomic mass is 9.87. The molecule has 51 heavy (non-hydrogen) atoms. The van der Waals surface area contributed by atoms with Gasteiger partial charge in [0.05, 0.1) is 25.0 Å². The van der Waals surface area contributed by atoms with Crippen molar-refractivity contribution >= 4 is 21.7 Å². The molecule has 0 fully saturated rings. The van der Waals surface area contributed by atoms with Crippen molar-refractivity contribution in [2.45, 2.75) is 44.0 Å².